The first kappa shape index (κ1) is 12.6. The Morgan fingerprint density at radius 3 is 2.44 bits per heavy atom. The lowest BCUT2D eigenvalue weighted by molar-refractivity contribution is 0.0522. The molecular formula is C15H20BrNO. The summed E-state index contributed by atoms with van der Waals surface area (Å²) in [7, 11) is 0. The molecule has 0 bridgehead atoms. The van der Waals surface area contributed by atoms with Crippen LogP contribution in [0, 0.1) is 6.92 Å². The fraction of sp³-hybridized carbons (Fsp3) is 0.600. The van der Waals surface area contributed by atoms with Crippen molar-refractivity contribution in [3.63, 3.8) is 0 Å². The van der Waals surface area contributed by atoms with Crippen LogP contribution in [0.4, 0.5) is 0 Å². The van der Waals surface area contributed by atoms with Gasteiger partial charge in [0.05, 0.1) is 6.10 Å². The molecule has 0 aromatic heterocycles. The van der Waals surface area contributed by atoms with Gasteiger partial charge in [-0.05, 0) is 55.9 Å². The van der Waals surface area contributed by atoms with Crippen LogP contribution >= 0.6 is 15.9 Å². The van der Waals surface area contributed by atoms with Crippen molar-refractivity contribution < 1.29 is 5.11 Å². The Morgan fingerprint density at radius 2 is 1.89 bits per heavy atom. The highest BCUT2D eigenvalue weighted by molar-refractivity contribution is 9.10. The number of aliphatic hydroxyl groups excluding tert-OH is 1. The third kappa shape index (κ3) is 2.24. The Morgan fingerprint density at radius 1 is 1.22 bits per heavy atom. The maximum Gasteiger partial charge on any atom is 0.0564 e. The molecule has 1 heterocycles. The van der Waals surface area contributed by atoms with Gasteiger partial charge >= 0.3 is 0 Å². The van der Waals surface area contributed by atoms with Crippen LogP contribution in [0.15, 0.2) is 22.7 Å². The van der Waals surface area contributed by atoms with Crippen molar-refractivity contribution in [1.29, 1.82) is 0 Å². The van der Waals surface area contributed by atoms with Gasteiger partial charge in [-0.25, -0.2) is 0 Å². The third-order valence-electron chi connectivity index (χ3n) is 4.37. The number of aryl methyl sites for hydroxylation is 1. The second-order valence-electron chi connectivity index (χ2n) is 5.77. The lowest BCUT2D eigenvalue weighted by Gasteiger charge is -2.37. The van der Waals surface area contributed by atoms with Gasteiger partial charge in [0.25, 0.3) is 0 Å². The normalized spacial score (nSPS) is 24.2. The summed E-state index contributed by atoms with van der Waals surface area (Å²) >= 11 is 3.61. The molecule has 3 rings (SSSR count). The third-order valence-corrected chi connectivity index (χ3v) is 4.83. The van der Waals surface area contributed by atoms with E-state index in [1.54, 1.807) is 0 Å². The monoisotopic (exact) mass is 309 g/mol. The standard InChI is InChI=1S/C15H20BrNO/c1-11-8-12(10-13(16)9-11)15(4-5-15)17-6-2-14(18)3-7-17/h8-10,14,18H,2-7H2,1H3. The molecule has 2 aliphatic rings. The van der Waals surface area contributed by atoms with Crippen LogP contribution in [0.1, 0.15) is 36.8 Å². The number of halogens is 1. The minimum atomic E-state index is -0.0821. The van der Waals surface area contributed by atoms with Crippen molar-refractivity contribution >= 4 is 15.9 Å². The van der Waals surface area contributed by atoms with Gasteiger partial charge in [-0.1, -0.05) is 22.0 Å². The Bertz CT molecular complexity index is 428. The van der Waals surface area contributed by atoms with Gasteiger partial charge in [0.1, 0.15) is 0 Å². The summed E-state index contributed by atoms with van der Waals surface area (Å²) in [6, 6.07) is 6.76. The van der Waals surface area contributed by atoms with Crippen molar-refractivity contribution in [2.24, 2.45) is 0 Å². The lowest BCUT2D eigenvalue weighted by atomic mass is 9.97. The molecule has 1 aliphatic carbocycles. The Balaban J connectivity index is 1.86. The van der Waals surface area contributed by atoms with E-state index >= 15 is 0 Å². The fourth-order valence-electron chi connectivity index (χ4n) is 3.20. The summed E-state index contributed by atoms with van der Waals surface area (Å²) in [6.45, 7) is 4.23. The van der Waals surface area contributed by atoms with E-state index in [-0.39, 0.29) is 11.6 Å². The number of likely N-dealkylation sites (tertiary alicyclic amines) is 1. The van der Waals surface area contributed by atoms with Crippen LogP contribution in [0.2, 0.25) is 0 Å². The summed E-state index contributed by atoms with van der Waals surface area (Å²) in [4.78, 5) is 2.58. The van der Waals surface area contributed by atoms with E-state index in [1.807, 2.05) is 0 Å². The van der Waals surface area contributed by atoms with Gasteiger partial charge in [-0.3, -0.25) is 4.90 Å². The van der Waals surface area contributed by atoms with Crippen LogP contribution in [0.3, 0.4) is 0 Å². The Hall–Kier alpha value is -0.380. The summed E-state index contributed by atoms with van der Waals surface area (Å²) in [5.41, 5.74) is 3.04. The predicted molar refractivity (Wildman–Crippen MR) is 76.6 cm³/mol. The molecule has 1 saturated heterocycles. The molecule has 0 unspecified atom stereocenters. The zero-order valence-corrected chi connectivity index (χ0v) is 12.4. The van der Waals surface area contributed by atoms with E-state index < -0.39 is 0 Å². The fourth-order valence-corrected chi connectivity index (χ4v) is 3.81. The number of benzene rings is 1. The summed E-state index contributed by atoms with van der Waals surface area (Å²) < 4.78 is 1.18. The maximum absolute atomic E-state index is 9.64. The lowest BCUT2D eigenvalue weighted by Crippen LogP contribution is -2.43. The molecule has 1 aliphatic heterocycles. The van der Waals surface area contributed by atoms with Crippen LogP contribution in [0.25, 0.3) is 0 Å². The topological polar surface area (TPSA) is 23.5 Å². The predicted octanol–water partition coefficient (Wildman–Crippen LogP) is 3.20. The molecule has 1 aromatic carbocycles. The smallest absolute Gasteiger partial charge is 0.0564 e. The number of hydrogen-bond donors (Lipinski definition) is 1. The molecule has 2 fully saturated rings. The SMILES string of the molecule is Cc1cc(Br)cc(C2(N3CCC(O)CC3)CC2)c1. The average molecular weight is 310 g/mol. The highest BCUT2D eigenvalue weighted by Crippen LogP contribution is 2.52. The van der Waals surface area contributed by atoms with E-state index in [0.29, 0.717) is 0 Å². The molecule has 0 atom stereocenters. The van der Waals surface area contributed by atoms with E-state index in [9.17, 15) is 5.11 Å². The molecule has 98 valence electrons. The van der Waals surface area contributed by atoms with Crippen molar-refractivity contribution in [2.45, 2.75) is 44.2 Å². The minimum Gasteiger partial charge on any atom is -0.393 e. The van der Waals surface area contributed by atoms with E-state index in [1.165, 1.54) is 28.4 Å². The quantitative estimate of drug-likeness (QED) is 0.907. The molecular weight excluding hydrogens is 290 g/mol. The van der Waals surface area contributed by atoms with Gasteiger partial charge in [-0.15, -0.1) is 0 Å². The summed E-state index contributed by atoms with van der Waals surface area (Å²) in [5, 5.41) is 9.64. The van der Waals surface area contributed by atoms with Gasteiger partial charge in [0.15, 0.2) is 0 Å². The van der Waals surface area contributed by atoms with Gasteiger partial charge in [0, 0.05) is 23.1 Å². The zero-order valence-electron chi connectivity index (χ0n) is 10.8. The average Bonchev–Trinajstić information content (AvgIpc) is 3.10. The second kappa shape index (κ2) is 4.62. The summed E-state index contributed by atoms with van der Waals surface area (Å²) in [5.74, 6) is 0. The van der Waals surface area contributed by atoms with E-state index in [2.05, 4.69) is 46.0 Å². The molecule has 18 heavy (non-hydrogen) atoms. The van der Waals surface area contributed by atoms with Crippen molar-refractivity contribution in [2.75, 3.05) is 13.1 Å². The number of aliphatic hydroxyl groups is 1. The van der Waals surface area contributed by atoms with E-state index in [4.69, 9.17) is 0 Å². The van der Waals surface area contributed by atoms with Crippen LogP contribution in [0.5, 0.6) is 0 Å². The van der Waals surface area contributed by atoms with Crippen LogP contribution in [-0.4, -0.2) is 29.2 Å². The number of hydrogen-bond acceptors (Lipinski definition) is 2. The van der Waals surface area contributed by atoms with Crippen molar-refractivity contribution in [3.05, 3.63) is 33.8 Å². The Kier molecular flexibility index (Phi) is 3.25. The molecule has 0 radical (unpaired) electrons. The first-order chi connectivity index (χ1) is 8.60. The molecule has 1 aromatic rings. The van der Waals surface area contributed by atoms with Gasteiger partial charge in [-0.2, -0.15) is 0 Å². The van der Waals surface area contributed by atoms with Gasteiger partial charge < -0.3 is 5.11 Å². The van der Waals surface area contributed by atoms with Gasteiger partial charge in [0.2, 0.25) is 0 Å². The second-order valence-corrected chi connectivity index (χ2v) is 6.68. The number of nitrogens with zero attached hydrogens (tertiary/aromatic N) is 1. The molecule has 3 heteroatoms. The first-order valence-electron chi connectivity index (χ1n) is 6.81. The number of piperidine rings is 1. The molecule has 1 saturated carbocycles. The minimum absolute atomic E-state index is 0.0821. The largest absolute Gasteiger partial charge is 0.393 e. The molecule has 0 amide bonds. The maximum atomic E-state index is 9.64. The highest BCUT2D eigenvalue weighted by atomic mass is 79.9. The van der Waals surface area contributed by atoms with Crippen LogP contribution < -0.4 is 0 Å². The van der Waals surface area contributed by atoms with Crippen molar-refractivity contribution in [1.82, 2.24) is 4.90 Å². The molecule has 2 nitrogen and oxygen atoms in total. The highest BCUT2D eigenvalue weighted by Gasteiger charge is 2.49. The van der Waals surface area contributed by atoms with E-state index in [0.717, 1.165) is 25.9 Å². The first-order valence-corrected chi connectivity index (χ1v) is 7.60. The van der Waals surface area contributed by atoms with Crippen LogP contribution in [-0.2, 0) is 5.54 Å². The zero-order chi connectivity index (χ0) is 12.8. The Labute approximate surface area is 117 Å². The number of rotatable bonds is 2. The molecule has 1 N–H and O–H groups in total. The summed E-state index contributed by atoms with van der Waals surface area (Å²) in [6.07, 6.45) is 4.29. The molecule has 0 spiro atoms. The van der Waals surface area contributed by atoms with Crippen molar-refractivity contribution in [3.8, 4) is 0 Å².